The van der Waals surface area contributed by atoms with E-state index in [1.165, 1.54) is 17.3 Å². The fourth-order valence-corrected chi connectivity index (χ4v) is 8.55. The molecule has 2 aromatic carbocycles. The van der Waals surface area contributed by atoms with E-state index in [0.717, 1.165) is 11.9 Å². The van der Waals surface area contributed by atoms with Crippen molar-refractivity contribution in [2.24, 2.45) is 0 Å². The van der Waals surface area contributed by atoms with Gasteiger partial charge in [-0.15, -0.1) is 0 Å². The van der Waals surface area contributed by atoms with E-state index >= 15 is 0 Å². The van der Waals surface area contributed by atoms with Crippen LogP contribution in [0, 0.1) is 0 Å². The number of carbonyl (C=O) groups is 2. The van der Waals surface area contributed by atoms with Crippen LogP contribution in [0.1, 0.15) is 48.0 Å². The van der Waals surface area contributed by atoms with Gasteiger partial charge >= 0.3 is 5.97 Å². The predicted octanol–water partition coefficient (Wildman–Crippen LogP) is 4.98. The molecule has 0 amide bonds. The molecule has 0 unspecified atom stereocenters. The van der Waals surface area contributed by atoms with Gasteiger partial charge in [-0.1, -0.05) is 93.6 Å². The quantitative estimate of drug-likeness (QED) is 0.164. The number of hydrogen-bond acceptors (Lipinski definition) is 4. The number of benzene rings is 2. The SMILES string of the molecule is CC(=O)O[C@@H](C/C=C(\C)C=O)/C(C)=C/CO[Si](c1ccccc1)(c1ccccc1)C(C)(C)C. The van der Waals surface area contributed by atoms with Crippen molar-refractivity contribution in [1.82, 2.24) is 0 Å². The van der Waals surface area contributed by atoms with Crippen molar-refractivity contribution in [3.05, 3.63) is 84.0 Å². The molecule has 33 heavy (non-hydrogen) atoms. The molecule has 0 saturated heterocycles. The lowest BCUT2D eigenvalue weighted by atomic mass is 10.1. The summed E-state index contributed by atoms with van der Waals surface area (Å²) < 4.78 is 12.4. The third-order valence-electron chi connectivity index (χ3n) is 5.78. The molecule has 2 rings (SSSR count). The highest BCUT2D eigenvalue weighted by Gasteiger charge is 2.49. The number of ether oxygens (including phenoxy) is 1. The second-order valence-corrected chi connectivity index (χ2v) is 13.6. The fourth-order valence-electron chi connectivity index (χ4n) is 4.06. The topological polar surface area (TPSA) is 52.6 Å². The van der Waals surface area contributed by atoms with E-state index in [4.69, 9.17) is 9.16 Å². The van der Waals surface area contributed by atoms with E-state index < -0.39 is 14.4 Å². The van der Waals surface area contributed by atoms with Crippen LogP contribution < -0.4 is 10.4 Å². The predicted molar refractivity (Wildman–Crippen MR) is 137 cm³/mol. The smallest absolute Gasteiger partial charge is 0.303 e. The van der Waals surface area contributed by atoms with Crippen LogP contribution in [-0.4, -0.2) is 33.3 Å². The zero-order chi connectivity index (χ0) is 24.5. The minimum absolute atomic E-state index is 0.115. The number of hydrogen-bond donors (Lipinski definition) is 0. The lowest BCUT2D eigenvalue weighted by Crippen LogP contribution is -2.66. The second-order valence-electron chi connectivity index (χ2n) is 9.32. The summed E-state index contributed by atoms with van der Waals surface area (Å²) in [5.74, 6) is -0.349. The van der Waals surface area contributed by atoms with Gasteiger partial charge in [0.15, 0.2) is 0 Å². The minimum atomic E-state index is -2.64. The van der Waals surface area contributed by atoms with Crippen molar-refractivity contribution in [2.45, 2.75) is 59.1 Å². The Labute approximate surface area is 199 Å². The molecule has 0 spiro atoms. The van der Waals surface area contributed by atoms with Gasteiger partial charge in [0.25, 0.3) is 8.32 Å². The van der Waals surface area contributed by atoms with E-state index in [1.54, 1.807) is 13.0 Å². The van der Waals surface area contributed by atoms with E-state index in [2.05, 4.69) is 69.3 Å². The van der Waals surface area contributed by atoms with Gasteiger partial charge < -0.3 is 9.16 Å². The Hall–Kier alpha value is -2.76. The zero-order valence-electron chi connectivity index (χ0n) is 20.6. The average Bonchev–Trinajstić information content (AvgIpc) is 2.79. The molecule has 0 aliphatic carbocycles. The number of allylic oxidation sites excluding steroid dienone is 1. The van der Waals surface area contributed by atoms with Crippen molar-refractivity contribution in [3.8, 4) is 0 Å². The fraction of sp³-hybridized carbons (Fsp3) is 0.357. The molecule has 4 nitrogen and oxygen atoms in total. The normalized spacial score (nSPS) is 14.0. The molecule has 0 N–H and O–H groups in total. The van der Waals surface area contributed by atoms with Crippen molar-refractivity contribution < 1.29 is 18.8 Å². The van der Waals surface area contributed by atoms with Gasteiger partial charge in [-0.05, 0) is 40.4 Å². The number of esters is 1. The van der Waals surface area contributed by atoms with E-state index in [0.29, 0.717) is 18.6 Å². The van der Waals surface area contributed by atoms with Crippen LogP contribution in [0.3, 0.4) is 0 Å². The molecular weight excluding hydrogens is 428 g/mol. The summed E-state index contributed by atoms with van der Waals surface area (Å²) in [7, 11) is -2.64. The van der Waals surface area contributed by atoms with Crippen LogP contribution >= 0.6 is 0 Å². The maximum absolute atomic E-state index is 11.6. The Balaban J connectivity index is 2.42. The van der Waals surface area contributed by atoms with Gasteiger partial charge in [0.05, 0.1) is 6.61 Å². The first-order chi connectivity index (χ1) is 15.6. The molecule has 0 aliphatic heterocycles. The highest BCUT2D eigenvalue weighted by atomic mass is 28.4. The first-order valence-electron chi connectivity index (χ1n) is 11.3. The third-order valence-corrected chi connectivity index (χ3v) is 10.8. The molecule has 176 valence electrons. The first-order valence-corrected chi connectivity index (χ1v) is 13.2. The molecule has 1 atom stereocenters. The van der Waals surface area contributed by atoms with Crippen LogP contribution in [0.15, 0.2) is 84.0 Å². The van der Waals surface area contributed by atoms with Gasteiger partial charge in [0.1, 0.15) is 12.4 Å². The highest BCUT2D eigenvalue weighted by Crippen LogP contribution is 2.36. The molecule has 0 radical (unpaired) electrons. The van der Waals surface area contributed by atoms with E-state index in [-0.39, 0.29) is 11.0 Å². The molecule has 2 aromatic rings. The molecular formula is C28H36O4Si. The molecule has 0 heterocycles. The standard InChI is InChI=1S/C28H36O4Si/c1-22(21-29)17-18-27(32-24(3)30)23(2)19-20-31-33(28(4,5)6,25-13-9-7-10-14-25)26-15-11-8-12-16-26/h7-17,19,21,27H,18,20H2,1-6H3/b22-17+,23-19+/t27-/m0/s1. The largest absolute Gasteiger partial charge is 0.458 e. The van der Waals surface area contributed by atoms with E-state index in [9.17, 15) is 9.59 Å². The summed E-state index contributed by atoms with van der Waals surface area (Å²) in [6, 6.07) is 21.0. The molecule has 0 bridgehead atoms. The van der Waals surface area contributed by atoms with Gasteiger partial charge in [-0.25, -0.2) is 0 Å². The Kier molecular flexibility index (Phi) is 9.56. The minimum Gasteiger partial charge on any atom is -0.458 e. The summed E-state index contributed by atoms with van der Waals surface area (Å²) in [6.07, 6.45) is 4.61. The van der Waals surface area contributed by atoms with Gasteiger partial charge in [-0.3, -0.25) is 9.59 Å². The van der Waals surface area contributed by atoms with Crippen molar-refractivity contribution >= 4 is 30.9 Å². The Morgan fingerprint density at radius 1 is 0.909 bits per heavy atom. The monoisotopic (exact) mass is 464 g/mol. The number of carbonyl (C=O) groups excluding carboxylic acids is 2. The Morgan fingerprint density at radius 3 is 1.85 bits per heavy atom. The first kappa shape index (κ1) is 26.5. The zero-order valence-corrected chi connectivity index (χ0v) is 21.6. The molecule has 0 fully saturated rings. The summed E-state index contributed by atoms with van der Waals surface area (Å²) in [5.41, 5.74) is 1.52. The summed E-state index contributed by atoms with van der Waals surface area (Å²) in [6.45, 7) is 12.2. The van der Waals surface area contributed by atoms with Crippen LogP contribution in [0.25, 0.3) is 0 Å². The van der Waals surface area contributed by atoms with Crippen LogP contribution in [0.5, 0.6) is 0 Å². The van der Waals surface area contributed by atoms with Crippen molar-refractivity contribution in [2.75, 3.05) is 6.61 Å². The van der Waals surface area contributed by atoms with Gasteiger partial charge in [0.2, 0.25) is 0 Å². The van der Waals surface area contributed by atoms with Crippen molar-refractivity contribution in [1.29, 1.82) is 0 Å². The van der Waals surface area contributed by atoms with Gasteiger partial charge in [-0.2, -0.15) is 0 Å². The average molecular weight is 465 g/mol. The highest BCUT2D eigenvalue weighted by molar-refractivity contribution is 6.99. The summed E-state index contributed by atoms with van der Waals surface area (Å²) >= 11 is 0. The maximum atomic E-state index is 11.6. The molecule has 0 aliphatic rings. The summed E-state index contributed by atoms with van der Waals surface area (Å²) in [5, 5.41) is 2.32. The number of rotatable bonds is 10. The second kappa shape index (κ2) is 11.9. The Morgan fingerprint density at radius 2 is 1.42 bits per heavy atom. The van der Waals surface area contributed by atoms with Crippen molar-refractivity contribution in [3.63, 3.8) is 0 Å². The third kappa shape index (κ3) is 6.86. The summed E-state index contributed by atoms with van der Waals surface area (Å²) in [4.78, 5) is 22.6. The van der Waals surface area contributed by atoms with E-state index in [1.807, 2.05) is 25.1 Å². The molecule has 0 aromatic heterocycles. The molecule has 0 saturated carbocycles. The maximum Gasteiger partial charge on any atom is 0.303 e. The Bertz CT molecular complexity index is 932. The lowest BCUT2D eigenvalue weighted by Gasteiger charge is -2.42. The lowest BCUT2D eigenvalue weighted by molar-refractivity contribution is -0.144. The van der Waals surface area contributed by atoms with Crippen LogP contribution in [0.4, 0.5) is 0 Å². The van der Waals surface area contributed by atoms with Crippen LogP contribution in [-0.2, 0) is 18.8 Å². The van der Waals surface area contributed by atoms with Crippen LogP contribution in [0.2, 0.25) is 5.04 Å². The molecule has 5 heteroatoms. The van der Waals surface area contributed by atoms with Gasteiger partial charge in [0, 0.05) is 13.3 Å². The number of aldehydes is 1.